The molecule has 0 aromatic heterocycles. The van der Waals surface area contributed by atoms with Gasteiger partial charge in [-0.25, -0.2) is 4.57 Å². The zero-order chi connectivity index (χ0) is 59.8. The van der Waals surface area contributed by atoms with Gasteiger partial charge >= 0.3 is 19.8 Å². The maximum atomic E-state index is 12.9. The summed E-state index contributed by atoms with van der Waals surface area (Å²) in [5.41, 5.74) is 0. The first-order valence-corrected chi connectivity index (χ1v) is 35.1. The number of carbonyl (C=O) groups excluding carboxylic acids is 2. The van der Waals surface area contributed by atoms with Crippen molar-refractivity contribution in [1.82, 2.24) is 0 Å². The molecule has 0 heterocycles. The number of phosphoric acid groups is 1. The number of esters is 2. The molecule has 82 heavy (non-hydrogen) atoms. The van der Waals surface area contributed by atoms with Crippen molar-refractivity contribution in [2.24, 2.45) is 0 Å². The van der Waals surface area contributed by atoms with Gasteiger partial charge in [0.1, 0.15) is 19.8 Å². The third-order valence-corrected chi connectivity index (χ3v) is 15.3. The molecule has 0 bridgehead atoms. The molecule has 1 N–H and O–H groups in total. The maximum absolute atomic E-state index is 12.9. The fourth-order valence-electron chi connectivity index (χ4n) is 9.15. The van der Waals surface area contributed by atoms with Gasteiger partial charge in [-0.05, 0) is 103 Å². The van der Waals surface area contributed by atoms with Crippen LogP contribution in [0.2, 0.25) is 0 Å². The van der Waals surface area contributed by atoms with Crippen LogP contribution in [-0.2, 0) is 32.7 Å². The van der Waals surface area contributed by atoms with Crippen molar-refractivity contribution in [1.29, 1.82) is 0 Å². The topological polar surface area (TPSA) is 108 Å². The van der Waals surface area contributed by atoms with Crippen molar-refractivity contribution >= 4 is 19.8 Å². The summed E-state index contributed by atoms with van der Waals surface area (Å²) < 4.78 is 34.7. The lowest BCUT2D eigenvalue weighted by Crippen LogP contribution is -2.37. The molecule has 2 atom stereocenters. The fourth-order valence-corrected chi connectivity index (χ4v) is 9.89. The highest BCUT2D eigenvalue weighted by molar-refractivity contribution is 7.47. The monoisotopic (exact) mass is 1160 g/mol. The number of allylic oxidation sites excluding steroid dienone is 18. The summed E-state index contributed by atoms with van der Waals surface area (Å²) in [4.78, 5) is 35.8. The number of unbranched alkanes of at least 4 members (excludes halogenated alkanes) is 29. The lowest BCUT2D eigenvalue weighted by atomic mass is 10.0. The zero-order valence-electron chi connectivity index (χ0n) is 53.7. The minimum atomic E-state index is -4.40. The van der Waals surface area contributed by atoms with Crippen LogP contribution in [0.15, 0.2) is 109 Å². The van der Waals surface area contributed by atoms with E-state index in [-0.39, 0.29) is 32.0 Å². The molecule has 2 unspecified atom stereocenters. The van der Waals surface area contributed by atoms with Crippen LogP contribution in [0.4, 0.5) is 0 Å². The summed E-state index contributed by atoms with van der Waals surface area (Å²) in [5.74, 6) is -0.799. The highest BCUT2D eigenvalue weighted by Crippen LogP contribution is 2.43. The number of hydrogen-bond acceptors (Lipinski definition) is 7. The molecule has 472 valence electrons. The zero-order valence-corrected chi connectivity index (χ0v) is 54.6. The molecule has 0 aliphatic rings. The third kappa shape index (κ3) is 65.8. The molecule has 0 spiro atoms. The van der Waals surface area contributed by atoms with E-state index in [4.69, 9.17) is 18.5 Å². The molecular weight excluding hydrogens is 1040 g/mol. The smallest absolute Gasteiger partial charge is 0.462 e. The second kappa shape index (κ2) is 62.2. The highest BCUT2D eigenvalue weighted by atomic mass is 31.2. The van der Waals surface area contributed by atoms with E-state index in [0.29, 0.717) is 17.4 Å². The van der Waals surface area contributed by atoms with E-state index in [1.54, 1.807) is 0 Å². The predicted molar refractivity (Wildman–Crippen MR) is 353 cm³/mol. The number of carbonyl (C=O) groups is 2. The summed E-state index contributed by atoms with van der Waals surface area (Å²) in [5, 5.41) is 0. The largest absolute Gasteiger partial charge is 0.472 e. The van der Waals surface area contributed by atoms with Gasteiger partial charge in [-0.15, -0.1) is 0 Å². The van der Waals surface area contributed by atoms with E-state index in [2.05, 4.69) is 123 Å². The summed E-state index contributed by atoms with van der Waals surface area (Å²) in [6.07, 6.45) is 87.5. The van der Waals surface area contributed by atoms with Crippen molar-refractivity contribution in [3.63, 3.8) is 0 Å². The molecule has 0 rings (SSSR count). The van der Waals surface area contributed by atoms with Crippen molar-refractivity contribution < 1.29 is 42.1 Å². The quantitative estimate of drug-likeness (QED) is 0.0211. The van der Waals surface area contributed by atoms with Crippen molar-refractivity contribution in [2.75, 3.05) is 47.5 Å². The van der Waals surface area contributed by atoms with Gasteiger partial charge in [-0.2, -0.15) is 0 Å². The second-order valence-corrected chi connectivity index (χ2v) is 24.9. The number of ether oxygens (including phenoxy) is 2. The Labute approximate surface area is 506 Å². The summed E-state index contributed by atoms with van der Waals surface area (Å²) >= 11 is 0. The van der Waals surface area contributed by atoms with Gasteiger partial charge < -0.3 is 18.9 Å². The number of likely N-dealkylation sites (N-methyl/N-ethyl adjacent to an activating group) is 1. The molecule has 0 saturated heterocycles. The summed E-state index contributed by atoms with van der Waals surface area (Å²) in [6.45, 7) is 4.33. The minimum Gasteiger partial charge on any atom is -0.462 e. The van der Waals surface area contributed by atoms with E-state index in [1.165, 1.54) is 161 Å². The van der Waals surface area contributed by atoms with Gasteiger partial charge in [0.2, 0.25) is 0 Å². The number of nitrogens with zero attached hydrogens (tertiary/aromatic N) is 1. The average Bonchev–Trinajstić information content (AvgIpc) is 3.46. The average molecular weight is 1170 g/mol. The van der Waals surface area contributed by atoms with Crippen molar-refractivity contribution in [3.05, 3.63) is 109 Å². The first kappa shape index (κ1) is 78.7. The molecule has 0 amide bonds. The second-order valence-electron chi connectivity index (χ2n) is 23.5. The predicted octanol–water partition coefficient (Wildman–Crippen LogP) is 21.7. The summed E-state index contributed by atoms with van der Waals surface area (Å²) in [6, 6.07) is 0. The van der Waals surface area contributed by atoms with E-state index < -0.39 is 26.5 Å². The molecule has 9 nitrogen and oxygen atoms in total. The van der Waals surface area contributed by atoms with Crippen LogP contribution in [0, 0.1) is 0 Å². The Hall–Kier alpha value is -3.33. The Balaban J connectivity index is 4.08. The molecule has 0 saturated carbocycles. The van der Waals surface area contributed by atoms with E-state index >= 15 is 0 Å². The first-order valence-electron chi connectivity index (χ1n) is 33.6. The molecular formula is C72H127NO8P+. The number of quaternary nitrogens is 1. The van der Waals surface area contributed by atoms with Gasteiger partial charge in [-0.3, -0.25) is 18.6 Å². The molecule has 0 radical (unpaired) electrons. The molecule has 0 aromatic rings. The van der Waals surface area contributed by atoms with Crippen LogP contribution < -0.4 is 0 Å². The fraction of sp³-hybridized carbons (Fsp3) is 0.722. The SMILES string of the molecule is CC/C=C\C/C=C\C/C=C\C/C=C\C/C=C\C/C=C\C/C=C\C/C=C\CCCCCCCCCCCCCCC(=O)OC(COC(=O)CCCCCCCCCCC/C=C\CCCCCCCCCC)COP(=O)(O)OCC[N+](C)(C)C. The first-order chi connectivity index (χ1) is 40.0. The van der Waals surface area contributed by atoms with Crippen LogP contribution >= 0.6 is 7.82 Å². The number of phosphoric ester groups is 1. The van der Waals surface area contributed by atoms with Gasteiger partial charge in [-0.1, -0.05) is 277 Å². The Kier molecular flexibility index (Phi) is 59.7. The Morgan fingerprint density at radius 1 is 0.390 bits per heavy atom. The Morgan fingerprint density at radius 3 is 1.05 bits per heavy atom. The van der Waals surface area contributed by atoms with Crippen LogP contribution in [0.1, 0.15) is 284 Å². The van der Waals surface area contributed by atoms with Crippen LogP contribution in [0.3, 0.4) is 0 Å². The van der Waals surface area contributed by atoms with Gasteiger partial charge in [0.05, 0.1) is 27.7 Å². The van der Waals surface area contributed by atoms with Gasteiger partial charge in [0.15, 0.2) is 6.10 Å². The molecule has 0 fully saturated rings. The van der Waals surface area contributed by atoms with E-state index in [1.807, 2.05) is 21.1 Å². The highest BCUT2D eigenvalue weighted by Gasteiger charge is 2.27. The van der Waals surface area contributed by atoms with Crippen LogP contribution in [-0.4, -0.2) is 74.9 Å². The molecule has 0 aliphatic carbocycles. The van der Waals surface area contributed by atoms with Crippen LogP contribution in [0.5, 0.6) is 0 Å². The maximum Gasteiger partial charge on any atom is 0.472 e. The number of rotatable bonds is 61. The Bertz CT molecular complexity index is 1750. The normalized spacial score (nSPS) is 13.9. The summed E-state index contributed by atoms with van der Waals surface area (Å²) in [7, 11) is 1.47. The molecule has 0 aliphatic heterocycles. The lowest BCUT2D eigenvalue weighted by molar-refractivity contribution is -0.870. The lowest BCUT2D eigenvalue weighted by Gasteiger charge is -2.24. The van der Waals surface area contributed by atoms with E-state index in [9.17, 15) is 19.0 Å². The Morgan fingerprint density at radius 2 is 0.695 bits per heavy atom. The standard InChI is InChI=1S/C72H126NO8P/c1-6-8-10-12-14-16-18-20-22-24-26-28-29-30-31-32-33-34-35-36-37-38-39-40-41-42-43-45-47-49-51-53-55-57-59-61-63-65-72(75)81-70(69-80-82(76,77)79-67-66-73(3,4)5)68-78-71(74)64-62-60-58-56-54-52-50-48-46-44-27-25-23-21-19-17-15-13-11-9-7-2/h8,10,14,16,20,22,25-28,30-31,33-34,36-37,39-40,70H,6-7,9,11-13,15,17-19,21,23-24,29,32,35,38,41-69H2,1-5H3/p+1/b10-8-,16-14-,22-20-,27-25-,28-26-,31-30-,34-33-,37-36-,40-39-. The molecule has 10 heteroatoms. The van der Waals surface area contributed by atoms with E-state index in [0.717, 1.165) is 89.9 Å². The molecule has 0 aromatic carbocycles. The number of hydrogen-bond donors (Lipinski definition) is 1. The third-order valence-electron chi connectivity index (χ3n) is 14.3. The van der Waals surface area contributed by atoms with Crippen molar-refractivity contribution in [2.45, 2.75) is 290 Å². The van der Waals surface area contributed by atoms with Gasteiger partial charge in [0, 0.05) is 12.8 Å². The van der Waals surface area contributed by atoms with Crippen LogP contribution in [0.25, 0.3) is 0 Å². The minimum absolute atomic E-state index is 0.0276. The van der Waals surface area contributed by atoms with Crippen molar-refractivity contribution in [3.8, 4) is 0 Å². The van der Waals surface area contributed by atoms with Gasteiger partial charge in [0.25, 0.3) is 0 Å².